The van der Waals surface area contributed by atoms with Gasteiger partial charge in [-0.25, -0.2) is 0 Å². The summed E-state index contributed by atoms with van der Waals surface area (Å²) in [6.45, 7) is 36.9. The van der Waals surface area contributed by atoms with Crippen molar-refractivity contribution in [2.24, 2.45) is 0 Å². The number of hydrogen-bond donors (Lipinski definition) is 0. The predicted octanol–water partition coefficient (Wildman–Crippen LogP) is 18.5. The summed E-state index contributed by atoms with van der Waals surface area (Å²) in [6, 6.07) is 35.2. The monoisotopic (exact) mass is 1070 g/mol. The van der Waals surface area contributed by atoms with Gasteiger partial charge in [0.2, 0.25) is 0 Å². The van der Waals surface area contributed by atoms with Crippen LogP contribution < -0.4 is 0 Å². The molecule has 412 valence electrons. The van der Waals surface area contributed by atoms with E-state index in [1.54, 1.807) is 0 Å². The lowest BCUT2D eigenvalue weighted by atomic mass is 9.94. The van der Waals surface area contributed by atoms with Crippen LogP contribution in [0.3, 0.4) is 0 Å². The Morgan fingerprint density at radius 3 is 1.26 bits per heavy atom. The van der Waals surface area contributed by atoms with Crippen LogP contribution in [0.4, 0.5) is 0 Å². The van der Waals surface area contributed by atoms with Crippen molar-refractivity contribution in [3.8, 4) is 55.6 Å². The Labute approximate surface area is 488 Å². The number of nitrogens with zero attached hydrogens (tertiary/aromatic N) is 5. The molecule has 0 aliphatic heterocycles. The van der Waals surface area contributed by atoms with Gasteiger partial charge in [-0.2, -0.15) is 0 Å². The van der Waals surface area contributed by atoms with Crippen molar-refractivity contribution < 1.29 is 0 Å². The first kappa shape index (κ1) is 55.7. The fourth-order valence-electron chi connectivity index (χ4n) is 13.3. The number of aromatic nitrogens is 5. The third-order valence-electron chi connectivity index (χ3n) is 19.0. The largest absolute Gasteiger partial charge is 0.260 e. The van der Waals surface area contributed by atoms with Crippen molar-refractivity contribution in [1.29, 1.82) is 0 Å². The Kier molecular flexibility index (Phi) is 14.9. The van der Waals surface area contributed by atoms with E-state index in [4.69, 9.17) is 15.0 Å². The van der Waals surface area contributed by atoms with Crippen molar-refractivity contribution in [3.63, 3.8) is 0 Å². The summed E-state index contributed by atoms with van der Waals surface area (Å²) in [5.41, 5.74) is 49.8. The molecule has 5 aromatic carbocycles. The average molecular weight is 1070 g/mol. The second-order valence-corrected chi connectivity index (χ2v) is 24.2. The van der Waals surface area contributed by atoms with E-state index in [0.717, 1.165) is 43.5 Å². The summed E-state index contributed by atoms with van der Waals surface area (Å²) in [5.74, 6) is 0. The van der Waals surface area contributed by atoms with E-state index in [1.165, 1.54) is 196 Å². The second-order valence-electron chi connectivity index (χ2n) is 24.2. The van der Waals surface area contributed by atoms with Crippen LogP contribution >= 0.6 is 0 Å². The first-order valence-corrected chi connectivity index (χ1v) is 29.5. The SMILES string of the molecule is Cc1cc(C)c2c(n1)Cc1ccc(C)c(C)c1-2.Cc1cc2c(nc1C)Cc1ccc(C)c(C)c1-2.Cc1ccc2c(c1C)-c1c(ncc(C)c1C)C2.Cc1cnc2c(c1C)-c1ccccc1C2.Cc1nc2c(c(C)c1C)-c1ccccc1C2. The lowest BCUT2D eigenvalue weighted by Gasteiger charge is -2.11. The molecule has 5 nitrogen and oxygen atoms in total. The van der Waals surface area contributed by atoms with E-state index in [-0.39, 0.29) is 0 Å². The molecule has 0 spiro atoms. The highest BCUT2D eigenvalue weighted by Gasteiger charge is 2.28. The quantitative estimate of drug-likeness (QED) is 0.151. The minimum absolute atomic E-state index is 0.993. The molecular formula is C77H79N5. The van der Waals surface area contributed by atoms with Crippen LogP contribution in [-0.2, 0) is 32.1 Å². The highest BCUT2D eigenvalue weighted by atomic mass is 14.7. The topological polar surface area (TPSA) is 64.5 Å². The van der Waals surface area contributed by atoms with Gasteiger partial charge in [-0.3, -0.25) is 24.9 Å². The molecule has 15 rings (SSSR count). The summed E-state index contributed by atoms with van der Waals surface area (Å²) >= 11 is 0. The molecule has 0 N–H and O–H groups in total. The summed E-state index contributed by atoms with van der Waals surface area (Å²) < 4.78 is 0. The Bertz CT molecular complexity index is 4210. The molecule has 0 saturated carbocycles. The van der Waals surface area contributed by atoms with E-state index >= 15 is 0 Å². The first-order chi connectivity index (χ1) is 39.2. The number of benzene rings is 5. The maximum atomic E-state index is 4.74. The van der Waals surface area contributed by atoms with Crippen LogP contribution in [0, 0.1) is 118 Å². The maximum Gasteiger partial charge on any atom is 0.0532 e. The van der Waals surface area contributed by atoms with Crippen LogP contribution in [-0.4, -0.2) is 24.9 Å². The van der Waals surface area contributed by atoms with E-state index in [0.29, 0.717) is 0 Å². The molecule has 5 heterocycles. The van der Waals surface area contributed by atoms with E-state index in [9.17, 15) is 0 Å². The Balaban J connectivity index is 0.000000108. The molecule has 0 amide bonds. The molecule has 0 fully saturated rings. The molecular weight excluding hydrogens is 995 g/mol. The van der Waals surface area contributed by atoms with E-state index in [1.807, 2.05) is 12.4 Å². The third-order valence-corrected chi connectivity index (χ3v) is 19.0. The number of hydrogen-bond acceptors (Lipinski definition) is 5. The first-order valence-electron chi connectivity index (χ1n) is 29.5. The average Bonchev–Trinajstić information content (AvgIpc) is 4.48. The number of rotatable bonds is 0. The lowest BCUT2D eigenvalue weighted by Crippen LogP contribution is -1.97. The van der Waals surface area contributed by atoms with Crippen LogP contribution in [0.5, 0.6) is 0 Å². The molecule has 82 heavy (non-hydrogen) atoms. The van der Waals surface area contributed by atoms with Gasteiger partial charge in [0.1, 0.15) is 0 Å². The predicted molar refractivity (Wildman–Crippen MR) is 343 cm³/mol. The molecule has 5 heteroatoms. The van der Waals surface area contributed by atoms with Gasteiger partial charge in [-0.15, -0.1) is 0 Å². The van der Waals surface area contributed by atoms with Crippen molar-refractivity contribution in [2.75, 3.05) is 0 Å². The van der Waals surface area contributed by atoms with E-state index in [2.05, 4.69) is 225 Å². The highest BCUT2D eigenvalue weighted by Crippen LogP contribution is 2.45. The summed E-state index contributed by atoms with van der Waals surface area (Å²) in [7, 11) is 0. The zero-order chi connectivity index (χ0) is 58.2. The normalized spacial score (nSPS) is 12.5. The Morgan fingerprint density at radius 1 is 0.256 bits per heavy atom. The fraction of sp³-hybridized carbons (Fsp3) is 0.286. The number of aryl methyl sites for hydroxylation is 10. The van der Waals surface area contributed by atoms with Crippen LogP contribution in [0.2, 0.25) is 0 Å². The van der Waals surface area contributed by atoms with Crippen molar-refractivity contribution >= 4 is 0 Å². The second kappa shape index (κ2) is 22.0. The smallest absolute Gasteiger partial charge is 0.0532 e. The van der Waals surface area contributed by atoms with Gasteiger partial charge in [0.15, 0.2) is 0 Å². The molecule has 0 saturated heterocycles. The summed E-state index contributed by atoms with van der Waals surface area (Å²) in [6.07, 6.45) is 8.95. The van der Waals surface area contributed by atoms with Crippen LogP contribution in [0.25, 0.3) is 55.6 Å². The standard InChI is InChI=1S/3C16H17N.C15H15N.C14H13N/c1-9-5-6-13-7-14-16(15(13)11(9)3)12(4)10(2)8-17-14;1-9-5-6-13-8-15-14(16(13)11(9)3)7-10(2)12(4)17-15;1-9-5-6-13-8-14-15(16(13)12(9)4)10(2)7-11(3)17-14;1-9-10(2)15-13-7-5-4-6-12(13)8-14(15)16-11(9)3;1-9-8-15-13-7-11-5-3-4-6-12(11)14(13)10(9)2/h5-6,8H,7H2,1-4H3;2*5-7H,8H2,1-4H3;4-7H,8H2,1-3H3;3-6,8H,7H2,1-2H3. The number of fused-ring (bicyclic) bond motifs is 15. The van der Waals surface area contributed by atoms with E-state index < -0.39 is 0 Å². The molecule has 0 unspecified atom stereocenters. The molecule has 5 aliphatic carbocycles. The summed E-state index contributed by atoms with van der Waals surface area (Å²) in [5, 5.41) is 0. The molecule has 0 atom stereocenters. The van der Waals surface area contributed by atoms with Gasteiger partial charge < -0.3 is 0 Å². The van der Waals surface area contributed by atoms with Gasteiger partial charge in [-0.05, 0) is 263 Å². The lowest BCUT2D eigenvalue weighted by molar-refractivity contribution is 1.04. The maximum absolute atomic E-state index is 4.74. The van der Waals surface area contributed by atoms with Crippen LogP contribution in [0.1, 0.15) is 151 Å². The molecule has 5 aromatic heterocycles. The molecule has 10 aromatic rings. The third kappa shape index (κ3) is 9.90. The molecule has 0 bridgehead atoms. The minimum Gasteiger partial charge on any atom is -0.260 e. The Morgan fingerprint density at radius 2 is 0.671 bits per heavy atom. The summed E-state index contributed by atoms with van der Waals surface area (Å²) in [4.78, 5) is 23.3. The van der Waals surface area contributed by atoms with Gasteiger partial charge in [0, 0.05) is 89.4 Å². The molecule has 5 aliphatic rings. The van der Waals surface area contributed by atoms with Gasteiger partial charge in [0.05, 0.1) is 28.5 Å². The van der Waals surface area contributed by atoms with Gasteiger partial charge >= 0.3 is 0 Å². The molecule has 0 radical (unpaired) electrons. The minimum atomic E-state index is 0.993. The zero-order valence-corrected chi connectivity index (χ0v) is 51.7. The van der Waals surface area contributed by atoms with Crippen molar-refractivity contribution in [3.05, 3.63) is 261 Å². The fourth-order valence-corrected chi connectivity index (χ4v) is 13.3. The van der Waals surface area contributed by atoms with Crippen molar-refractivity contribution in [1.82, 2.24) is 24.9 Å². The van der Waals surface area contributed by atoms with Gasteiger partial charge in [-0.1, -0.05) is 84.9 Å². The van der Waals surface area contributed by atoms with Gasteiger partial charge in [0.25, 0.3) is 0 Å². The van der Waals surface area contributed by atoms with Crippen molar-refractivity contribution in [2.45, 2.75) is 150 Å². The number of pyridine rings is 5. The Hall–Kier alpha value is -8.15. The zero-order valence-electron chi connectivity index (χ0n) is 51.7. The highest BCUT2D eigenvalue weighted by molar-refractivity contribution is 5.84. The van der Waals surface area contributed by atoms with Crippen LogP contribution in [0.15, 0.2) is 109 Å².